The lowest BCUT2D eigenvalue weighted by atomic mass is 10.2. The van der Waals surface area contributed by atoms with Crippen LogP contribution in [0.3, 0.4) is 0 Å². The first kappa shape index (κ1) is 17.7. The molecule has 3 aromatic rings. The van der Waals surface area contributed by atoms with E-state index in [1.807, 2.05) is 0 Å². The van der Waals surface area contributed by atoms with E-state index in [2.05, 4.69) is 37.2 Å². The number of carbonyl (C=O) groups excluding carboxylic acids is 1. The Bertz CT molecular complexity index is 975. The Morgan fingerprint density at radius 3 is 3.15 bits per heavy atom. The van der Waals surface area contributed by atoms with Gasteiger partial charge in [-0.2, -0.15) is 19.0 Å². The van der Waals surface area contributed by atoms with Crippen molar-refractivity contribution in [2.45, 2.75) is 39.0 Å². The Labute approximate surface area is 158 Å². The number of aromatic nitrogens is 5. The third-order valence-corrected chi connectivity index (χ3v) is 5.31. The normalized spacial score (nSPS) is 20.3. The summed E-state index contributed by atoms with van der Waals surface area (Å²) in [6, 6.07) is 2.35. The van der Waals surface area contributed by atoms with Gasteiger partial charge in [-0.3, -0.25) is 9.69 Å². The van der Waals surface area contributed by atoms with E-state index in [0.29, 0.717) is 29.6 Å². The summed E-state index contributed by atoms with van der Waals surface area (Å²) in [6.45, 7) is 4.47. The number of amides is 1. The number of hydrogen-bond donors (Lipinski definition) is 1. The maximum atomic E-state index is 14.1. The van der Waals surface area contributed by atoms with Crippen LogP contribution in [0.1, 0.15) is 25.1 Å². The second-order valence-electron chi connectivity index (χ2n) is 6.43. The molecule has 0 radical (unpaired) electrons. The summed E-state index contributed by atoms with van der Waals surface area (Å²) in [4.78, 5) is 25.8. The third kappa shape index (κ3) is 3.74. The first-order chi connectivity index (χ1) is 13.0. The molecule has 0 aromatic carbocycles. The Morgan fingerprint density at radius 2 is 2.33 bits per heavy atom. The summed E-state index contributed by atoms with van der Waals surface area (Å²) in [5, 5.41) is 6.91. The highest BCUT2D eigenvalue weighted by atomic mass is 32.1. The van der Waals surface area contributed by atoms with Gasteiger partial charge in [0.25, 0.3) is 0 Å². The highest BCUT2D eigenvalue weighted by molar-refractivity contribution is 7.15. The number of rotatable bonds is 5. The van der Waals surface area contributed by atoms with Gasteiger partial charge in [-0.05, 0) is 6.92 Å². The van der Waals surface area contributed by atoms with Gasteiger partial charge in [-0.25, -0.2) is 9.97 Å². The quantitative estimate of drug-likeness (QED) is 0.707. The second-order valence-corrected chi connectivity index (χ2v) is 7.51. The molecule has 2 atom stereocenters. The van der Waals surface area contributed by atoms with Crippen molar-refractivity contribution in [1.29, 1.82) is 0 Å². The lowest BCUT2D eigenvalue weighted by molar-refractivity contribution is -0.114. The van der Waals surface area contributed by atoms with E-state index >= 15 is 0 Å². The van der Waals surface area contributed by atoms with Crippen molar-refractivity contribution in [2.75, 3.05) is 11.9 Å². The van der Waals surface area contributed by atoms with Crippen LogP contribution in [0.25, 0.3) is 5.65 Å². The summed E-state index contributed by atoms with van der Waals surface area (Å²) < 4.78 is 21.7. The second kappa shape index (κ2) is 7.16. The van der Waals surface area contributed by atoms with E-state index in [1.54, 1.807) is 16.8 Å². The topological polar surface area (TPSA) is 97.5 Å². The Balaban J connectivity index is 1.43. The lowest BCUT2D eigenvalue weighted by Crippen LogP contribution is -2.28. The molecule has 1 aliphatic heterocycles. The van der Waals surface area contributed by atoms with E-state index in [0.717, 1.165) is 17.8 Å². The van der Waals surface area contributed by atoms with Crippen LogP contribution >= 0.6 is 11.3 Å². The molecule has 1 aliphatic rings. The molecule has 1 saturated heterocycles. The molecule has 1 amide bonds. The Hall–Kier alpha value is -2.66. The number of nitrogens with zero attached hydrogens (tertiary/aromatic N) is 6. The van der Waals surface area contributed by atoms with Crippen molar-refractivity contribution in [2.24, 2.45) is 0 Å². The summed E-state index contributed by atoms with van der Waals surface area (Å²) in [5.41, 5.74) is 0.667. The van der Waals surface area contributed by atoms with Gasteiger partial charge in [0.15, 0.2) is 10.8 Å². The monoisotopic (exact) mass is 391 g/mol. The van der Waals surface area contributed by atoms with Gasteiger partial charge < -0.3 is 10.1 Å². The summed E-state index contributed by atoms with van der Waals surface area (Å²) >= 11 is 1.15. The molecule has 4 rings (SSSR count). The number of likely N-dealkylation sites (tertiary alicyclic amines) is 1. The molecule has 1 N–H and O–H groups in total. The smallest absolute Gasteiger partial charge is 0.319 e. The molecule has 0 saturated carbocycles. The van der Waals surface area contributed by atoms with Crippen LogP contribution in [-0.4, -0.2) is 54.1 Å². The van der Waals surface area contributed by atoms with Crippen LogP contribution in [0, 0.1) is 5.95 Å². The van der Waals surface area contributed by atoms with Crippen molar-refractivity contribution < 1.29 is 13.9 Å². The third-order valence-electron chi connectivity index (χ3n) is 4.38. The number of carbonyl (C=O) groups is 1. The maximum absolute atomic E-state index is 14.1. The molecule has 1 unspecified atom stereocenters. The van der Waals surface area contributed by atoms with Gasteiger partial charge in [0, 0.05) is 44.7 Å². The highest BCUT2D eigenvalue weighted by Crippen LogP contribution is 2.28. The summed E-state index contributed by atoms with van der Waals surface area (Å²) in [7, 11) is 0. The minimum atomic E-state index is -0.547. The zero-order chi connectivity index (χ0) is 19.0. The fourth-order valence-corrected chi connectivity index (χ4v) is 4.05. The number of halogens is 1. The van der Waals surface area contributed by atoms with E-state index in [1.165, 1.54) is 13.3 Å². The van der Waals surface area contributed by atoms with Crippen LogP contribution in [0.4, 0.5) is 9.52 Å². The Morgan fingerprint density at radius 1 is 1.48 bits per heavy atom. The molecule has 4 heterocycles. The van der Waals surface area contributed by atoms with Crippen LogP contribution in [0.2, 0.25) is 0 Å². The first-order valence-electron chi connectivity index (χ1n) is 8.48. The zero-order valence-electron chi connectivity index (χ0n) is 14.8. The molecule has 1 fully saturated rings. The van der Waals surface area contributed by atoms with Crippen molar-refractivity contribution in [1.82, 2.24) is 29.5 Å². The molecule has 0 spiro atoms. The van der Waals surface area contributed by atoms with E-state index < -0.39 is 5.95 Å². The van der Waals surface area contributed by atoms with Gasteiger partial charge in [-0.15, -0.1) is 0 Å². The molecule has 3 aromatic heterocycles. The van der Waals surface area contributed by atoms with Crippen molar-refractivity contribution in [3.05, 3.63) is 29.4 Å². The molecule has 27 heavy (non-hydrogen) atoms. The van der Waals surface area contributed by atoms with Crippen LogP contribution in [-0.2, 0) is 11.3 Å². The standard InChI is InChI=1S/C16H18FN7O2S/c1-9-5-11(26-16-18-4-3-13-19-8-20-24(13)16)6-23(9)7-12-14(17)22-15(27-12)21-10(2)25/h3-4,8-9,11H,5-7H2,1-2H3,(H,21,22,25)/t9-,11?/m0/s1. The maximum Gasteiger partial charge on any atom is 0.319 e. The molecule has 0 aliphatic carbocycles. The summed E-state index contributed by atoms with van der Waals surface area (Å²) in [5.74, 6) is -0.817. The van der Waals surface area contributed by atoms with Crippen LogP contribution in [0.5, 0.6) is 6.01 Å². The zero-order valence-corrected chi connectivity index (χ0v) is 15.6. The minimum Gasteiger partial charge on any atom is -0.459 e. The van der Waals surface area contributed by atoms with Gasteiger partial charge in [0.2, 0.25) is 11.9 Å². The van der Waals surface area contributed by atoms with Gasteiger partial charge in [-0.1, -0.05) is 11.3 Å². The number of nitrogens with one attached hydrogen (secondary N) is 1. The van der Waals surface area contributed by atoms with Gasteiger partial charge >= 0.3 is 6.01 Å². The SMILES string of the molecule is CC(=O)Nc1nc(F)c(CN2CC(Oc3nccc4ncnn34)C[C@@H]2C)s1. The molecule has 0 bridgehead atoms. The first-order valence-corrected chi connectivity index (χ1v) is 9.29. The summed E-state index contributed by atoms with van der Waals surface area (Å²) in [6.07, 6.45) is 3.78. The average molecular weight is 391 g/mol. The minimum absolute atomic E-state index is 0.0897. The molecule has 9 nitrogen and oxygen atoms in total. The molecule has 142 valence electrons. The van der Waals surface area contributed by atoms with E-state index in [9.17, 15) is 9.18 Å². The van der Waals surface area contributed by atoms with E-state index in [-0.39, 0.29) is 23.2 Å². The predicted molar refractivity (Wildman–Crippen MR) is 96.1 cm³/mol. The average Bonchev–Trinajstić information content (AvgIpc) is 3.29. The van der Waals surface area contributed by atoms with Crippen molar-refractivity contribution in [3.63, 3.8) is 0 Å². The lowest BCUT2D eigenvalue weighted by Gasteiger charge is -2.19. The molecule has 11 heteroatoms. The van der Waals surface area contributed by atoms with Crippen molar-refractivity contribution in [3.8, 4) is 6.01 Å². The fraction of sp³-hybridized carbons (Fsp3) is 0.438. The molecular weight excluding hydrogens is 373 g/mol. The number of ether oxygens (including phenoxy) is 1. The number of thiazole rings is 1. The van der Waals surface area contributed by atoms with Gasteiger partial charge in [0.1, 0.15) is 12.4 Å². The van der Waals surface area contributed by atoms with E-state index in [4.69, 9.17) is 4.74 Å². The van der Waals surface area contributed by atoms with Crippen molar-refractivity contribution >= 4 is 28.0 Å². The largest absolute Gasteiger partial charge is 0.459 e. The fourth-order valence-electron chi connectivity index (χ4n) is 3.13. The van der Waals surface area contributed by atoms with Crippen LogP contribution < -0.4 is 10.1 Å². The number of anilines is 1. The van der Waals surface area contributed by atoms with Crippen LogP contribution in [0.15, 0.2) is 18.6 Å². The number of hydrogen-bond acceptors (Lipinski definition) is 8. The predicted octanol–water partition coefficient (Wildman–Crippen LogP) is 1.72. The Kier molecular flexibility index (Phi) is 4.70. The number of fused-ring (bicyclic) bond motifs is 1. The van der Waals surface area contributed by atoms with Gasteiger partial charge in [0.05, 0.1) is 4.88 Å². The highest BCUT2D eigenvalue weighted by Gasteiger charge is 2.32. The molecular formula is C16H18FN7O2S.